The van der Waals surface area contributed by atoms with E-state index in [-0.39, 0.29) is 31.6 Å². The Morgan fingerprint density at radius 3 is 2.51 bits per heavy atom. The second-order valence-electron chi connectivity index (χ2n) is 9.42. The van der Waals surface area contributed by atoms with Crippen molar-refractivity contribution in [2.45, 2.75) is 31.8 Å². The third-order valence-corrected chi connectivity index (χ3v) is 6.84. The molecular weight excluding hydrogens is 500 g/mol. The van der Waals surface area contributed by atoms with Gasteiger partial charge in [-0.1, -0.05) is 24.6 Å². The van der Waals surface area contributed by atoms with Crippen molar-refractivity contribution >= 4 is 23.7 Å². The number of hydrogen-bond donors (Lipinski definition) is 2. The first-order valence-electron chi connectivity index (χ1n) is 12.9. The number of fused-ring (bicyclic) bond motifs is 3. The van der Waals surface area contributed by atoms with Gasteiger partial charge in [0.05, 0.1) is 11.8 Å². The van der Waals surface area contributed by atoms with Crippen molar-refractivity contribution in [3.63, 3.8) is 0 Å². The van der Waals surface area contributed by atoms with Crippen LogP contribution in [0.3, 0.4) is 0 Å². The fourth-order valence-corrected chi connectivity index (χ4v) is 4.84. The molecule has 10 nitrogen and oxygen atoms in total. The van der Waals surface area contributed by atoms with E-state index in [0.29, 0.717) is 47.9 Å². The van der Waals surface area contributed by atoms with Gasteiger partial charge in [0.25, 0.3) is 5.91 Å². The average molecular weight is 529 g/mol. The van der Waals surface area contributed by atoms with Crippen molar-refractivity contribution < 1.29 is 28.5 Å². The van der Waals surface area contributed by atoms with E-state index in [4.69, 9.17) is 18.9 Å². The van der Waals surface area contributed by atoms with Crippen LogP contribution in [-0.4, -0.2) is 43.1 Å². The van der Waals surface area contributed by atoms with Gasteiger partial charge in [0.2, 0.25) is 19.5 Å². The Morgan fingerprint density at radius 2 is 1.67 bits per heavy atom. The maximum absolute atomic E-state index is 13.4. The zero-order valence-corrected chi connectivity index (χ0v) is 21.2. The van der Waals surface area contributed by atoms with E-state index in [9.17, 15) is 9.59 Å². The van der Waals surface area contributed by atoms with Crippen LogP contribution in [-0.2, 0) is 4.79 Å². The number of hydrazone groups is 1. The minimum absolute atomic E-state index is 0.0254. The van der Waals surface area contributed by atoms with Gasteiger partial charge in [0.1, 0.15) is 6.17 Å². The molecule has 0 saturated heterocycles. The Bertz CT molecular complexity index is 1420. The number of unbranched alkanes of at least 4 members (excludes halogenated alkanes) is 2. The fraction of sp³-hybridized carbons (Fsp3) is 0.276. The summed E-state index contributed by atoms with van der Waals surface area (Å²) in [6, 6.07) is 18.7. The first-order chi connectivity index (χ1) is 19.2. The predicted octanol–water partition coefficient (Wildman–Crippen LogP) is 4.42. The molecule has 1 unspecified atom stereocenters. The van der Waals surface area contributed by atoms with Crippen LogP contribution in [0.4, 0.5) is 5.69 Å². The number of nitrogens with one attached hydrogen (secondary N) is 2. The number of carbonyl (C=O) groups excluding carboxylic acids is 2. The van der Waals surface area contributed by atoms with Gasteiger partial charge in [-0.3, -0.25) is 9.59 Å². The lowest BCUT2D eigenvalue weighted by atomic mass is 10.0. The first-order valence-corrected chi connectivity index (χ1v) is 12.9. The molecule has 0 fully saturated rings. The second-order valence-corrected chi connectivity index (χ2v) is 9.42. The van der Waals surface area contributed by atoms with Crippen LogP contribution in [0.2, 0.25) is 0 Å². The summed E-state index contributed by atoms with van der Waals surface area (Å²) in [5, 5.41) is 7.55. The van der Waals surface area contributed by atoms with Crippen LogP contribution in [0.1, 0.15) is 53.3 Å². The second kappa shape index (κ2) is 10.9. The van der Waals surface area contributed by atoms with Gasteiger partial charge in [0, 0.05) is 18.7 Å². The highest BCUT2D eigenvalue weighted by molar-refractivity contribution is 6.01. The molecule has 0 saturated carbocycles. The van der Waals surface area contributed by atoms with E-state index in [1.54, 1.807) is 6.21 Å². The number of carbonyl (C=O) groups is 2. The van der Waals surface area contributed by atoms with Crippen molar-refractivity contribution in [1.82, 2.24) is 10.3 Å². The van der Waals surface area contributed by atoms with Gasteiger partial charge in [0.15, 0.2) is 23.0 Å². The van der Waals surface area contributed by atoms with E-state index >= 15 is 0 Å². The molecule has 0 bridgehead atoms. The number of ether oxygens (including phenoxy) is 4. The highest BCUT2D eigenvalue weighted by Crippen LogP contribution is 2.38. The third-order valence-electron chi connectivity index (χ3n) is 6.84. The summed E-state index contributed by atoms with van der Waals surface area (Å²) < 4.78 is 21.6. The molecule has 10 heteroatoms. The Balaban J connectivity index is 1.02. The highest BCUT2D eigenvalue weighted by atomic mass is 16.7. The molecule has 3 aromatic rings. The quantitative estimate of drug-likeness (QED) is 0.240. The van der Waals surface area contributed by atoms with Gasteiger partial charge in [-0.25, -0.2) is 5.43 Å². The maximum Gasteiger partial charge on any atom is 0.257 e. The summed E-state index contributed by atoms with van der Waals surface area (Å²) in [5.41, 5.74) is 5.74. The van der Waals surface area contributed by atoms with Crippen LogP contribution in [0, 0.1) is 0 Å². The lowest BCUT2D eigenvalue weighted by molar-refractivity contribution is -0.121. The van der Waals surface area contributed by atoms with Crippen molar-refractivity contribution in [3.05, 3.63) is 77.4 Å². The minimum atomic E-state index is -0.337. The lowest BCUT2D eigenvalue weighted by Gasteiger charge is -2.38. The topological polar surface area (TPSA) is 111 Å². The van der Waals surface area contributed by atoms with Crippen molar-refractivity contribution in [1.29, 1.82) is 0 Å². The highest BCUT2D eigenvalue weighted by Gasteiger charge is 2.33. The molecule has 2 amide bonds. The molecule has 0 spiro atoms. The van der Waals surface area contributed by atoms with E-state index in [1.807, 2.05) is 65.6 Å². The molecule has 6 rings (SSSR count). The Hall–Kier alpha value is -4.73. The molecule has 39 heavy (non-hydrogen) atoms. The number of rotatable bonds is 9. The number of nitrogens with zero attached hydrogens (tertiary/aromatic N) is 2. The standard InChI is InChI=1S/C29H28N4O6/c34-27(32-30-16-19-9-11-23-25(14-19)38-17-36-23)8-2-1-5-13-33-28(20-10-12-24-26(15-20)39-18-37-24)31-22-7-4-3-6-21(22)29(33)35/h3-4,6-7,9-12,14-16,28,31H,1-2,5,8,13,17-18H2,(H,32,34)/b30-16+. The largest absolute Gasteiger partial charge is 0.454 e. The molecule has 0 aromatic heterocycles. The normalized spacial score (nSPS) is 16.8. The minimum Gasteiger partial charge on any atom is -0.454 e. The van der Waals surface area contributed by atoms with Crippen LogP contribution in [0.15, 0.2) is 65.8 Å². The van der Waals surface area contributed by atoms with E-state index in [2.05, 4.69) is 15.8 Å². The summed E-state index contributed by atoms with van der Waals surface area (Å²) in [5.74, 6) is 2.55. The molecule has 2 N–H and O–H groups in total. The zero-order chi connectivity index (χ0) is 26.6. The Labute approximate surface area is 225 Å². The summed E-state index contributed by atoms with van der Waals surface area (Å²) in [4.78, 5) is 27.5. The van der Waals surface area contributed by atoms with E-state index in [1.165, 1.54) is 0 Å². The predicted molar refractivity (Wildman–Crippen MR) is 143 cm³/mol. The van der Waals surface area contributed by atoms with Crippen LogP contribution in [0.5, 0.6) is 23.0 Å². The van der Waals surface area contributed by atoms with Crippen molar-refractivity contribution in [2.75, 3.05) is 25.4 Å². The fourth-order valence-electron chi connectivity index (χ4n) is 4.84. The smallest absolute Gasteiger partial charge is 0.257 e. The summed E-state index contributed by atoms with van der Waals surface area (Å²) in [6.45, 7) is 0.949. The summed E-state index contributed by atoms with van der Waals surface area (Å²) in [6.07, 6.45) is 3.81. The monoisotopic (exact) mass is 528 g/mol. The van der Waals surface area contributed by atoms with Crippen molar-refractivity contribution in [2.24, 2.45) is 5.10 Å². The number of para-hydroxylation sites is 1. The summed E-state index contributed by atoms with van der Waals surface area (Å²) in [7, 11) is 0. The Kier molecular flexibility index (Phi) is 6.90. The summed E-state index contributed by atoms with van der Waals surface area (Å²) >= 11 is 0. The van der Waals surface area contributed by atoms with E-state index in [0.717, 1.165) is 29.7 Å². The molecule has 3 aromatic carbocycles. The SMILES string of the molecule is O=C(CCCCCN1C(=O)c2ccccc2NC1c1ccc2c(c1)OCO2)N/N=C/c1ccc2c(c1)OCO2. The van der Waals surface area contributed by atoms with Gasteiger partial charge in [-0.2, -0.15) is 5.10 Å². The van der Waals surface area contributed by atoms with Gasteiger partial charge in [-0.15, -0.1) is 0 Å². The number of hydrogen-bond acceptors (Lipinski definition) is 8. The number of benzene rings is 3. The van der Waals surface area contributed by atoms with Gasteiger partial charge < -0.3 is 29.2 Å². The molecular formula is C29H28N4O6. The molecule has 0 radical (unpaired) electrons. The molecule has 3 heterocycles. The molecule has 200 valence electrons. The van der Waals surface area contributed by atoms with Gasteiger partial charge in [-0.05, 0) is 66.4 Å². The number of anilines is 1. The van der Waals surface area contributed by atoms with Crippen LogP contribution in [0.25, 0.3) is 0 Å². The first kappa shape index (κ1) is 24.6. The number of amides is 2. The maximum atomic E-state index is 13.4. The van der Waals surface area contributed by atoms with Gasteiger partial charge >= 0.3 is 0 Å². The zero-order valence-electron chi connectivity index (χ0n) is 21.2. The van der Waals surface area contributed by atoms with Crippen molar-refractivity contribution in [3.8, 4) is 23.0 Å². The van der Waals surface area contributed by atoms with Crippen LogP contribution >= 0.6 is 0 Å². The third kappa shape index (κ3) is 5.31. The average Bonchev–Trinajstić information content (AvgIpc) is 3.62. The van der Waals surface area contributed by atoms with Crippen LogP contribution < -0.4 is 29.7 Å². The Morgan fingerprint density at radius 1 is 0.923 bits per heavy atom. The molecule has 0 aliphatic carbocycles. The molecule has 1 atom stereocenters. The molecule has 3 aliphatic rings. The van der Waals surface area contributed by atoms with E-state index < -0.39 is 0 Å². The lowest BCUT2D eigenvalue weighted by Crippen LogP contribution is -2.43. The molecule has 3 aliphatic heterocycles.